The third-order valence-electron chi connectivity index (χ3n) is 2.00. The van der Waals surface area contributed by atoms with Crippen LogP contribution in [0.2, 0.25) is 0 Å². The van der Waals surface area contributed by atoms with E-state index in [1.165, 1.54) is 12.1 Å². The molecule has 0 amide bonds. The van der Waals surface area contributed by atoms with Crippen LogP contribution >= 0.6 is 10.7 Å². The number of benzene rings is 1. The molecule has 0 bridgehead atoms. The smallest absolute Gasteiger partial charge is 0.416 e. The van der Waals surface area contributed by atoms with Gasteiger partial charge in [-0.05, 0) is 23.4 Å². The van der Waals surface area contributed by atoms with E-state index in [0.29, 0.717) is 6.61 Å². The maximum Gasteiger partial charge on any atom is 0.416 e. The van der Waals surface area contributed by atoms with Crippen molar-refractivity contribution in [2.24, 2.45) is 5.16 Å². The molecule has 2 rings (SSSR count). The largest absolute Gasteiger partial charge is 0.471 e. The SMILES string of the molecule is FC(F)(F)c1cccc(C2=NOCCO2)c1.O=S(=O)(O)Cl. The third-order valence-corrected chi connectivity index (χ3v) is 2.00. The number of hydrogen-bond acceptors (Lipinski definition) is 5. The second-order valence-corrected chi connectivity index (χ2v) is 5.56. The van der Waals surface area contributed by atoms with Crippen LogP contribution in [0, 0.1) is 0 Å². The van der Waals surface area contributed by atoms with Crippen molar-refractivity contribution in [1.29, 1.82) is 0 Å². The summed E-state index contributed by atoms with van der Waals surface area (Å²) in [6, 6.07) is 4.77. The van der Waals surface area contributed by atoms with Gasteiger partial charge in [0.05, 0.1) is 5.56 Å². The highest BCUT2D eigenvalue weighted by molar-refractivity contribution is 8.09. The summed E-state index contributed by atoms with van der Waals surface area (Å²) in [5.41, 5.74) is -0.476. The summed E-state index contributed by atoms with van der Waals surface area (Å²) in [6.45, 7) is 0.595. The molecule has 1 aromatic carbocycles. The zero-order valence-corrected chi connectivity index (χ0v) is 11.7. The summed E-state index contributed by atoms with van der Waals surface area (Å²) in [5.74, 6) is 0.0809. The Morgan fingerprint density at radius 1 is 1.29 bits per heavy atom. The molecule has 0 spiro atoms. The van der Waals surface area contributed by atoms with Crippen LogP contribution in [0.4, 0.5) is 13.2 Å². The van der Waals surface area contributed by atoms with Gasteiger partial charge >= 0.3 is 15.5 Å². The first kappa shape index (κ1) is 17.5. The number of nitrogens with zero attached hydrogens (tertiary/aromatic N) is 1. The van der Waals surface area contributed by atoms with Gasteiger partial charge in [-0.15, -0.1) is 0 Å². The van der Waals surface area contributed by atoms with Gasteiger partial charge in [-0.25, -0.2) is 0 Å². The lowest BCUT2D eigenvalue weighted by atomic mass is 10.1. The quantitative estimate of drug-likeness (QED) is 0.623. The lowest BCUT2D eigenvalue weighted by Gasteiger charge is -2.14. The molecule has 21 heavy (non-hydrogen) atoms. The Kier molecular flexibility index (Phi) is 5.81. The molecule has 1 aromatic rings. The van der Waals surface area contributed by atoms with Crippen molar-refractivity contribution < 1.29 is 35.7 Å². The summed E-state index contributed by atoms with van der Waals surface area (Å²) in [6.07, 6.45) is -4.37. The maximum absolute atomic E-state index is 12.4. The number of alkyl halides is 3. The van der Waals surface area contributed by atoms with Gasteiger partial charge < -0.3 is 9.57 Å². The van der Waals surface area contributed by atoms with Crippen molar-refractivity contribution in [2.75, 3.05) is 13.2 Å². The number of hydrogen-bond donors (Lipinski definition) is 1. The van der Waals surface area contributed by atoms with E-state index in [2.05, 4.69) is 15.8 Å². The topological polar surface area (TPSA) is 85.2 Å². The summed E-state index contributed by atoms with van der Waals surface area (Å²) < 4.78 is 67.5. The number of rotatable bonds is 1. The van der Waals surface area contributed by atoms with E-state index in [4.69, 9.17) is 22.5 Å². The molecule has 0 aromatic heterocycles. The minimum absolute atomic E-state index is 0.0809. The lowest BCUT2D eigenvalue weighted by molar-refractivity contribution is -0.137. The van der Waals surface area contributed by atoms with E-state index in [1.54, 1.807) is 0 Å². The van der Waals surface area contributed by atoms with Gasteiger partial charge in [-0.2, -0.15) is 21.6 Å². The van der Waals surface area contributed by atoms with Crippen LogP contribution in [-0.2, 0) is 25.1 Å². The summed E-state index contributed by atoms with van der Waals surface area (Å²) in [7, 11) is -0.137. The zero-order valence-electron chi connectivity index (χ0n) is 10.2. The number of ether oxygens (including phenoxy) is 1. The monoisotopic (exact) mass is 347 g/mol. The van der Waals surface area contributed by atoms with E-state index in [9.17, 15) is 13.2 Å². The van der Waals surface area contributed by atoms with Crippen molar-refractivity contribution >= 4 is 25.9 Å². The average Bonchev–Trinajstić information content (AvgIpc) is 2.37. The van der Waals surface area contributed by atoms with E-state index in [-0.39, 0.29) is 18.1 Å². The van der Waals surface area contributed by atoms with Crippen LogP contribution in [0.25, 0.3) is 0 Å². The Morgan fingerprint density at radius 2 is 1.90 bits per heavy atom. The minimum atomic E-state index is -4.37. The molecule has 1 N–H and O–H groups in total. The Labute approximate surface area is 122 Å². The first-order valence-corrected chi connectivity index (χ1v) is 7.51. The molecule has 6 nitrogen and oxygen atoms in total. The highest BCUT2D eigenvalue weighted by Gasteiger charge is 2.31. The Bertz CT molecular complexity index is 609. The van der Waals surface area contributed by atoms with Gasteiger partial charge in [0.1, 0.15) is 6.61 Å². The summed E-state index contributed by atoms with van der Waals surface area (Å²) >= 11 is 0. The van der Waals surface area contributed by atoms with Gasteiger partial charge in [0.15, 0.2) is 6.61 Å². The van der Waals surface area contributed by atoms with Gasteiger partial charge in [-0.3, -0.25) is 4.55 Å². The fraction of sp³-hybridized carbons (Fsp3) is 0.300. The molecular weight excluding hydrogens is 339 g/mol. The van der Waals surface area contributed by atoms with Crippen molar-refractivity contribution in [3.05, 3.63) is 35.4 Å². The normalized spacial score (nSPS) is 15.0. The molecule has 0 saturated heterocycles. The van der Waals surface area contributed by atoms with Crippen molar-refractivity contribution in [3.8, 4) is 0 Å². The average molecular weight is 348 g/mol. The van der Waals surface area contributed by atoms with Gasteiger partial charge in [0.25, 0.3) is 5.90 Å². The van der Waals surface area contributed by atoms with Crippen LogP contribution in [0.15, 0.2) is 29.4 Å². The van der Waals surface area contributed by atoms with Gasteiger partial charge in [0, 0.05) is 16.2 Å². The zero-order chi connectivity index (χ0) is 16.1. The van der Waals surface area contributed by atoms with Gasteiger partial charge in [0.2, 0.25) is 0 Å². The molecule has 0 aliphatic carbocycles. The fourth-order valence-electron chi connectivity index (χ4n) is 1.27. The van der Waals surface area contributed by atoms with Crippen LogP contribution in [0.3, 0.4) is 0 Å². The highest BCUT2D eigenvalue weighted by Crippen LogP contribution is 2.29. The summed E-state index contributed by atoms with van der Waals surface area (Å²) in [5, 5.41) is 3.55. The molecule has 0 unspecified atom stereocenters. The Morgan fingerprint density at radius 3 is 2.38 bits per heavy atom. The lowest BCUT2D eigenvalue weighted by Crippen LogP contribution is -2.17. The van der Waals surface area contributed by atoms with Crippen LogP contribution in [0.5, 0.6) is 0 Å². The molecule has 0 fully saturated rings. The second-order valence-electron chi connectivity index (χ2n) is 3.57. The second kappa shape index (κ2) is 6.96. The molecular formula is C10H9ClF3NO5S. The molecule has 118 valence electrons. The van der Waals surface area contributed by atoms with Crippen molar-refractivity contribution in [1.82, 2.24) is 0 Å². The molecule has 1 aliphatic rings. The summed E-state index contributed by atoms with van der Waals surface area (Å²) in [4.78, 5) is 4.74. The fourth-order valence-corrected chi connectivity index (χ4v) is 1.27. The number of oxime groups is 1. The van der Waals surface area contributed by atoms with Crippen LogP contribution in [0.1, 0.15) is 11.1 Å². The molecule has 11 heteroatoms. The number of halogens is 4. The van der Waals surface area contributed by atoms with Crippen LogP contribution in [-0.4, -0.2) is 32.1 Å². The first-order valence-electron chi connectivity index (χ1n) is 5.25. The van der Waals surface area contributed by atoms with E-state index in [0.717, 1.165) is 12.1 Å². The first-order chi connectivity index (χ1) is 9.57. The Hall–Kier alpha value is -1.52. The molecule has 0 atom stereocenters. The van der Waals surface area contributed by atoms with E-state index >= 15 is 0 Å². The molecule has 1 aliphatic heterocycles. The predicted octanol–water partition coefficient (Wildman–Crippen LogP) is 2.44. The third kappa shape index (κ3) is 7.16. The van der Waals surface area contributed by atoms with Crippen LogP contribution < -0.4 is 0 Å². The van der Waals surface area contributed by atoms with E-state index < -0.39 is 21.1 Å². The standard InChI is InChI=1S/C10H8F3NO2.ClHO3S/c11-10(12,13)8-3-1-2-7(6-8)9-14-16-5-4-15-9;1-5(2,3)4/h1-3,6H,4-5H2;(H,2,3,4). The highest BCUT2D eigenvalue weighted by atomic mass is 35.7. The van der Waals surface area contributed by atoms with Gasteiger partial charge in [-0.1, -0.05) is 6.07 Å². The predicted molar refractivity (Wildman–Crippen MR) is 67.3 cm³/mol. The molecule has 1 heterocycles. The maximum atomic E-state index is 12.4. The van der Waals surface area contributed by atoms with Crippen molar-refractivity contribution in [2.45, 2.75) is 6.18 Å². The molecule has 0 saturated carbocycles. The van der Waals surface area contributed by atoms with E-state index in [1.807, 2.05) is 0 Å². The Balaban J connectivity index is 0.000000383. The molecule has 0 radical (unpaired) electrons. The van der Waals surface area contributed by atoms with Crippen molar-refractivity contribution in [3.63, 3.8) is 0 Å². The minimum Gasteiger partial charge on any atom is -0.471 e.